The third kappa shape index (κ3) is 7.56. The van der Waals surface area contributed by atoms with E-state index in [0.717, 1.165) is 38.4 Å². The van der Waals surface area contributed by atoms with Gasteiger partial charge in [-0.2, -0.15) is 0 Å². The number of hydrogen-bond acceptors (Lipinski definition) is 2. The molecule has 0 amide bonds. The van der Waals surface area contributed by atoms with Crippen LogP contribution in [0, 0.1) is 5.82 Å². The van der Waals surface area contributed by atoms with E-state index in [9.17, 15) is 4.39 Å². The van der Waals surface area contributed by atoms with Crippen LogP contribution in [-0.4, -0.2) is 49.6 Å². The van der Waals surface area contributed by atoms with E-state index < -0.39 is 0 Å². The van der Waals surface area contributed by atoms with Crippen LogP contribution in [-0.2, 0) is 5.41 Å². The van der Waals surface area contributed by atoms with Crippen molar-refractivity contribution in [1.82, 2.24) is 15.5 Å². The molecule has 1 heterocycles. The van der Waals surface area contributed by atoms with Crippen molar-refractivity contribution in [2.24, 2.45) is 4.99 Å². The minimum atomic E-state index is -0.349. The van der Waals surface area contributed by atoms with Crippen LogP contribution >= 0.6 is 24.0 Å². The van der Waals surface area contributed by atoms with Gasteiger partial charge in [0, 0.05) is 31.1 Å². The van der Waals surface area contributed by atoms with Crippen molar-refractivity contribution in [1.29, 1.82) is 0 Å². The number of nitrogens with one attached hydrogen (secondary N) is 2. The van der Waals surface area contributed by atoms with Crippen LogP contribution < -0.4 is 10.6 Å². The van der Waals surface area contributed by atoms with E-state index in [2.05, 4.69) is 29.4 Å². The summed E-state index contributed by atoms with van der Waals surface area (Å²) in [4.78, 5) is 7.30. The Labute approximate surface area is 181 Å². The fourth-order valence-corrected chi connectivity index (χ4v) is 3.50. The fourth-order valence-electron chi connectivity index (χ4n) is 3.50. The van der Waals surface area contributed by atoms with Crippen molar-refractivity contribution in [3.8, 4) is 0 Å². The number of guanidine groups is 1. The lowest BCUT2D eigenvalue weighted by Gasteiger charge is -2.33. The Balaban J connectivity index is 0.00000364. The number of benzene rings is 1. The highest BCUT2D eigenvalue weighted by Crippen LogP contribution is 2.26. The highest BCUT2D eigenvalue weighted by molar-refractivity contribution is 14.0. The van der Waals surface area contributed by atoms with E-state index in [-0.39, 0.29) is 35.2 Å². The molecule has 0 bridgehead atoms. The van der Waals surface area contributed by atoms with Crippen molar-refractivity contribution in [2.75, 3.05) is 32.7 Å². The van der Waals surface area contributed by atoms with Gasteiger partial charge in [-0.05, 0) is 44.4 Å². The molecule has 0 aliphatic carbocycles. The van der Waals surface area contributed by atoms with Gasteiger partial charge >= 0.3 is 0 Å². The van der Waals surface area contributed by atoms with E-state index in [4.69, 9.17) is 4.99 Å². The van der Waals surface area contributed by atoms with Gasteiger partial charge in [-0.3, -0.25) is 4.99 Å². The van der Waals surface area contributed by atoms with Crippen LogP contribution in [0.1, 0.15) is 52.5 Å². The molecule has 0 spiro atoms. The van der Waals surface area contributed by atoms with Crippen LogP contribution in [0.2, 0.25) is 0 Å². The molecule has 2 rings (SSSR count). The van der Waals surface area contributed by atoms with Crippen LogP contribution in [0.5, 0.6) is 0 Å². The summed E-state index contributed by atoms with van der Waals surface area (Å²) in [5.74, 6) is 0.680. The Bertz CT molecular complexity index is 583. The second kappa shape index (κ2) is 11.8. The zero-order valence-electron chi connectivity index (χ0n) is 17.2. The topological polar surface area (TPSA) is 39.7 Å². The second-order valence-electron chi connectivity index (χ2n) is 7.82. The first kappa shape index (κ1) is 24.1. The number of hydrogen-bond donors (Lipinski definition) is 2. The van der Waals surface area contributed by atoms with Gasteiger partial charge in [-0.1, -0.05) is 39.0 Å². The van der Waals surface area contributed by atoms with Crippen LogP contribution in [0.4, 0.5) is 4.39 Å². The van der Waals surface area contributed by atoms with Gasteiger partial charge < -0.3 is 15.5 Å². The zero-order valence-corrected chi connectivity index (χ0v) is 19.6. The molecule has 0 atom stereocenters. The monoisotopic (exact) mass is 490 g/mol. The van der Waals surface area contributed by atoms with E-state index >= 15 is 0 Å². The third-order valence-corrected chi connectivity index (χ3v) is 5.05. The lowest BCUT2D eigenvalue weighted by molar-refractivity contribution is 0.206. The van der Waals surface area contributed by atoms with Crippen molar-refractivity contribution in [3.05, 3.63) is 35.6 Å². The Morgan fingerprint density at radius 3 is 2.48 bits per heavy atom. The molecule has 2 N–H and O–H groups in total. The molecule has 0 unspecified atom stereocenters. The molecule has 0 radical (unpaired) electrons. The van der Waals surface area contributed by atoms with Gasteiger partial charge in [0.05, 0.1) is 6.54 Å². The summed E-state index contributed by atoms with van der Waals surface area (Å²) in [5, 5.41) is 6.91. The van der Waals surface area contributed by atoms with Gasteiger partial charge in [0.1, 0.15) is 5.82 Å². The van der Waals surface area contributed by atoms with Gasteiger partial charge in [-0.25, -0.2) is 4.39 Å². The average Bonchev–Trinajstić information content (AvgIpc) is 2.62. The first-order valence-electron chi connectivity index (χ1n) is 9.98. The smallest absolute Gasteiger partial charge is 0.191 e. The molecular weight excluding hydrogens is 454 g/mol. The molecule has 1 saturated heterocycles. The SMILES string of the molecule is CCCN1CCC(NC(=NCC(C)(C)c2ccccc2F)NCC)CC1.I. The molecule has 27 heavy (non-hydrogen) atoms. The zero-order chi connectivity index (χ0) is 19.0. The molecule has 1 aromatic rings. The lowest BCUT2D eigenvalue weighted by Crippen LogP contribution is -2.49. The van der Waals surface area contributed by atoms with Crippen LogP contribution in [0.3, 0.4) is 0 Å². The first-order valence-corrected chi connectivity index (χ1v) is 9.98. The highest BCUT2D eigenvalue weighted by Gasteiger charge is 2.24. The molecule has 4 nitrogen and oxygen atoms in total. The van der Waals surface area contributed by atoms with Gasteiger partial charge in [0.15, 0.2) is 5.96 Å². The van der Waals surface area contributed by atoms with Gasteiger partial charge in [0.25, 0.3) is 0 Å². The van der Waals surface area contributed by atoms with Gasteiger partial charge in [0.2, 0.25) is 0 Å². The summed E-state index contributed by atoms with van der Waals surface area (Å²) >= 11 is 0. The molecule has 6 heteroatoms. The largest absolute Gasteiger partial charge is 0.357 e. The number of piperidine rings is 1. The molecule has 154 valence electrons. The molecule has 0 saturated carbocycles. The van der Waals surface area contributed by atoms with E-state index in [1.807, 2.05) is 26.0 Å². The van der Waals surface area contributed by atoms with Crippen LogP contribution in [0.25, 0.3) is 0 Å². The Kier molecular flexibility index (Phi) is 10.6. The number of halogens is 2. The number of nitrogens with zero attached hydrogens (tertiary/aromatic N) is 2. The number of aliphatic imine (C=N–C) groups is 1. The first-order chi connectivity index (χ1) is 12.5. The molecular formula is C21H36FIN4. The number of rotatable bonds is 7. The quantitative estimate of drug-likeness (QED) is 0.343. The van der Waals surface area contributed by atoms with Crippen molar-refractivity contribution in [2.45, 2.75) is 58.4 Å². The summed E-state index contributed by atoms with van der Waals surface area (Å²) in [6.07, 6.45) is 3.50. The standard InChI is InChI=1S/C21H35FN4.HI/c1-5-13-26-14-11-17(12-15-26)25-20(23-6-2)24-16-21(3,4)18-9-7-8-10-19(18)22;/h7-10,17H,5-6,11-16H2,1-4H3,(H2,23,24,25);1H. The van der Waals surface area contributed by atoms with Crippen LogP contribution in [0.15, 0.2) is 29.3 Å². The van der Waals surface area contributed by atoms with E-state index in [0.29, 0.717) is 18.2 Å². The lowest BCUT2D eigenvalue weighted by atomic mass is 9.84. The Morgan fingerprint density at radius 1 is 1.22 bits per heavy atom. The summed E-state index contributed by atoms with van der Waals surface area (Å²) in [5.41, 5.74) is 0.366. The average molecular weight is 490 g/mol. The van der Waals surface area contributed by atoms with Crippen molar-refractivity contribution >= 4 is 29.9 Å². The molecule has 1 aromatic carbocycles. The maximum Gasteiger partial charge on any atom is 0.191 e. The Hall–Kier alpha value is -0.890. The summed E-state index contributed by atoms with van der Waals surface area (Å²) in [6.45, 7) is 13.2. The summed E-state index contributed by atoms with van der Waals surface area (Å²) in [6, 6.07) is 7.45. The summed E-state index contributed by atoms with van der Waals surface area (Å²) in [7, 11) is 0. The third-order valence-electron chi connectivity index (χ3n) is 5.05. The minimum Gasteiger partial charge on any atom is -0.357 e. The van der Waals surface area contributed by atoms with E-state index in [1.54, 1.807) is 6.07 Å². The summed E-state index contributed by atoms with van der Waals surface area (Å²) < 4.78 is 14.1. The molecule has 0 aromatic heterocycles. The number of likely N-dealkylation sites (tertiary alicyclic amines) is 1. The highest BCUT2D eigenvalue weighted by atomic mass is 127. The normalized spacial score (nSPS) is 16.7. The molecule has 1 aliphatic heterocycles. The van der Waals surface area contributed by atoms with Crippen molar-refractivity contribution in [3.63, 3.8) is 0 Å². The predicted molar refractivity (Wildman–Crippen MR) is 124 cm³/mol. The van der Waals surface area contributed by atoms with E-state index in [1.165, 1.54) is 19.0 Å². The van der Waals surface area contributed by atoms with Gasteiger partial charge in [-0.15, -0.1) is 24.0 Å². The fraction of sp³-hybridized carbons (Fsp3) is 0.667. The second-order valence-corrected chi connectivity index (χ2v) is 7.82. The van der Waals surface area contributed by atoms with Crippen molar-refractivity contribution < 1.29 is 4.39 Å². The maximum atomic E-state index is 14.1. The molecule has 1 fully saturated rings. The predicted octanol–water partition coefficient (Wildman–Crippen LogP) is 4.15. The minimum absolute atomic E-state index is 0. The Morgan fingerprint density at radius 2 is 1.89 bits per heavy atom. The molecule has 1 aliphatic rings. The maximum absolute atomic E-state index is 14.1.